The summed E-state index contributed by atoms with van der Waals surface area (Å²) in [5.74, 6) is 0.710. The van der Waals surface area contributed by atoms with Crippen molar-refractivity contribution in [1.29, 1.82) is 0 Å². The smallest absolute Gasteiger partial charge is 0.160 e. The van der Waals surface area contributed by atoms with E-state index in [0.717, 1.165) is 24.9 Å². The predicted octanol–water partition coefficient (Wildman–Crippen LogP) is 3.07. The van der Waals surface area contributed by atoms with Crippen molar-refractivity contribution in [2.45, 2.75) is 45.7 Å². The number of rotatable bonds is 6. The number of benzene rings is 1. The lowest BCUT2D eigenvalue weighted by molar-refractivity contribution is 0.354. The third-order valence-corrected chi connectivity index (χ3v) is 2.89. The largest absolute Gasteiger partial charge is 0.504 e. The maximum Gasteiger partial charge on any atom is 0.160 e. The summed E-state index contributed by atoms with van der Waals surface area (Å²) in [4.78, 5) is 0. The van der Waals surface area contributed by atoms with Gasteiger partial charge in [-0.05, 0) is 38.0 Å². The third kappa shape index (κ3) is 4.27. The van der Waals surface area contributed by atoms with Crippen LogP contribution in [0, 0.1) is 0 Å². The van der Waals surface area contributed by atoms with Crippen LogP contribution < -0.4 is 10.1 Å². The Hall–Kier alpha value is -1.22. The summed E-state index contributed by atoms with van der Waals surface area (Å²) in [5, 5.41) is 13.2. The first-order chi connectivity index (χ1) is 7.98. The number of phenolic OH excluding ortho intramolecular Hbond substituents is 1. The molecule has 17 heavy (non-hydrogen) atoms. The topological polar surface area (TPSA) is 41.5 Å². The van der Waals surface area contributed by atoms with Gasteiger partial charge in [-0.15, -0.1) is 0 Å². The molecular weight excluding hydrogens is 214 g/mol. The van der Waals surface area contributed by atoms with Gasteiger partial charge in [0.05, 0.1) is 7.11 Å². The van der Waals surface area contributed by atoms with Crippen LogP contribution in [0.4, 0.5) is 0 Å². The summed E-state index contributed by atoms with van der Waals surface area (Å²) in [6, 6.07) is 5.50. The Morgan fingerprint density at radius 1 is 1.35 bits per heavy atom. The molecule has 0 fully saturated rings. The first-order valence-electron chi connectivity index (χ1n) is 6.09. The molecule has 96 valence electrons. The number of hydrogen-bond donors (Lipinski definition) is 2. The van der Waals surface area contributed by atoms with Crippen molar-refractivity contribution >= 4 is 0 Å². The molecular formula is C14H23NO2. The van der Waals surface area contributed by atoms with Crippen molar-refractivity contribution in [2.24, 2.45) is 0 Å². The van der Waals surface area contributed by atoms with E-state index in [1.807, 2.05) is 6.07 Å². The summed E-state index contributed by atoms with van der Waals surface area (Å²) in [6.07, 6.45) is 2.29. The molecule has 0 saturated carbocycles. The highest BCUT2D eigenvalue weighted by Crippen LogP contribution is 2.26. The van der Waals surface area contributed by atoms with E-state index in [1.165, 1.54) is 0 Å². The minimum Gasteiger partial charge on any atom is -0.504 e. The summed E-state index contributed by atoms with van der Waals surface area (Å²) in [7, 11) is 1.55. The molecule has 0 aliphatic heterocycles. The molecule has 0 atom stereocenters. The number of phenols is 1. The van der Waals surface area contributed by atoms with Crippen molar-refractivity contribution in [3.63, 3.8) is 0 Å². The van der Waals surface area contributed by atoms with Gasteiger partial charge in [-0.25, -0.2) is 0 Å². The fourth-order valence-corrected chi connectivity index (χ4v) is 1.90. The Morgan fingerprint density at radius 3 is 2.59 bits per heavy atom. The molecule has 0 saturated heterocycles. The second-order valence-corrected chi connectivity index (χ2v) is 4.99. The quantitative estimate of drug-likeness (QED) is 0.799. The lowest BCUT2D eigenvalue weighted by Crippen LogP contribution is -2.38. The summed E-state index contributed by atoms with van der Waals surface area (Å²) in [5.41, 5.74) is 1.19. The van der Waals surface area contributed by atoms with Crippen LogP contribution >= 0.6 is 0 Å². The molecule has 0 radical (unpaired) electrons. The average Bonchev–Trinajstić information content (AvgIpc) is 2.27. The highest BCUT2D eigenvalue weighted by molar-refractivity contribution is 5.41. The van der Waals surface area contributed by atoms with E-state index in [2.05, 4.69) is 26.1 Å². The van der Waals surface area contributed by atoms with E-state index in [-0.39, 0.29) is 11.3 Å². The second-order valence-electron chi connectivity index (χ2n) is 4.99. The molecule has 1 aromatic carbocycles. The van der Waals surface area contributed by atoms with Crippen LogP contribution in [-0.4, -0.2) is 17.8 Å². The van der Waals surface area contributed by atoms with Crippen molar-refractivity contribution in [3.8, 4) is 11.5 Å². The summed E-state index contributed by atoms with van der Waals surface area (Å²) in [6.45, 7) is 7.33. The van der Waals surface area contributed by atoms with Crippen LogP contribution in [0.3, 0.4) is 0 Å². The first kappa shape index (κ1) is 13.8. The van der Waals surface area contributed by atoms with Gasteiger partial charge in [0.1, 0.15) is 0 Å². The number of aromatic hydroxyl groups is 1. The molecule has 3 nitrogen and oxygen atoms in total. The minimum absolute atomic E-state index is 0.129. The molecule has 0 unspecified atom stereocenters. The molecule has 0 aliphatic carbocycles. The Kier molecular flexibility index (Phi) is 4.82. The van der Waals surface area contributed by atoms with Gasteiger partial charge in [0.2, 0.25) is 0 Å². The van der Waals surface area contributed by atoms with Crippen molar-refractivity contribution in [1.82, 2.24) is 5.32 Å². The van der Waals surface area contributed by atoms with Gasteiger partial charge < -0.3 is 15.2 Å². The van der Waals surface area contributed by atoms with Crippen LogP contribution in [0.1, 0.15) is 39.2 Å². The SMILES string of the molecule is CCCC(C)(C)NCc1ccc(OC)c(O)c1. The average molecular weight is 237 g/mol. The zero-order chi connectivity index (χ0) is 12.9. The Labute approximate surface area is 104 Å². The maximum atomic E-state index is 9.67. The molecule has 0 bridgehead atoms. The normalized spacial score (nSPS) is 11.5. The number of nitrogens with one attached hydrogen (secondary N) is 1. The van der Waals surface area contributed by atoms with Crippen LogP contribution in [-0.2, 0) is 6.54 Å². The van der Waals surface area contributed by atoms with Crippen molar-refractivity contribution in [3.05, 3.63) is 23.8 Å². The third-order valence-electron chi connectivity index (χ3n) is 2.89. The molecule has 3 heteroatoms. The van der Waals surface area contributed by atoms with E-state index in [1.54, 1.807) is 19.2 Å². The van der Waals surface area contributed by atoms with Crippen LogP contribution in [0.2, 0.25) is 0 Å². The van der Waals surface area contributed by atoms with Gasteiger partial charge in [-0.2, -0.15) is 0 Å². The molecule has 0 aromatic heterocycles. The predicted molar refractivity (Wildman–Crippen MR) is 70.5 cm³/mol. The molecule has 0 spiro atoms. The lowest BCUT2D eigenvalue weighted by atomic mass is 9.98. The second kappa shape index (κ2) is 5.92. The molecule has 1 rings (SSSR count). The highest BCUT2D eigenvalue weighted by Gasteiger charge is 2.15. The zero-order valence-corrected chi connectivity index (χ0v) is 11.2. The highest BCUT2D eigenvalue weighted by atomic mass is 16.5. The Balaban J connectivity index is 2.61. The van der Waals surface area contributed by atoms with Crippen LogP contribution in [0.25, 0.3) is 0 Å². The Morgan fingerprint density at radius 2 is 2.06 bits per heavy atom. The van der Waals surface area contributed by atoms with Gasteiger partial charge in [-0.1, -0.05) is 19.4 Å². The minimum atomic E-state index is 0.129. The van der Waals surface area contributed by atoms with E-state index < -0.39 is 0 Å². The lowest BCUT2D eigenvalue weighted by Gasteiger charge is -2.26. The fourth-order valence-electron chi connectivity index (χ4n) is 1.90. The van der Waals surface area contributed by atoms with Gasteiger partial charge in [0, 0.05) is 12.1 Å². The standard InChI is InChI=1S/C14H23NO2/c1-5-8-14(2,3)15-10-11-6-7-13(17-4)12(16)9-11/h6-7,9,15-16H,5,8,10H2,1-4H3. The van der Waals surface area contributed by atoms with E-state index in [9.17, 15) is 5.11 Å². The maximum absolute atomic E-state index is 9.67. The van der Waals surface area contributed by atoms with Gasteiger partial charge in [0.15, 0.2) is 11.5 Å². The van der Waals surface area contributed by atoms with Crippen molar-refractivity contribution < 1.29 is 9.84 Å². The van der Waals surface area contributed by atoms with Crippen LogP contribution in [0.5, 0.6) is 11.5 Å². The molecule has 0 amide bonds. The van der Waals surface area contributed by atoms with E-state index in [4.69, 9.17) is 4.74 Å². The molecule has 1 aromatic rings. The zero-order valence-electron chi connectivity index (χ0n) is 11.2. The van der Waals surface area contributed by atoms with Gasteiger partial charge in [-0.3, -0.25) is 0 Å². The van der Waals surface area contributed by atoms with Gasteiger partial charge >= 0.3 is 0 Å². The monoisotopic (exact) mass is 237 g/mol. The number of hydrogen-bond acceptors (Lipinski definition) is 3. The number of ether oxygens (including phenoxy) is 1. The molecule has 2 N–H and O–H groups in total. The van der Waals surface area contributed by atoms with Crippen LogP contribution in [0.15, 0.2) is 18.2 Å². The van der Waals surface area contributed by atoms with E-state index >= 15 is 0 Å². The first-order valence-corrected chi connectivity index (χ1v) is 6.09. The summed E-state index contributed by atoms with van der Waals surface area (Å²) < 4.78 is 5.01. The van der Waals surface area contributed by atoms with Gasteiger partial charge in [0.25, 0.3) is 0 Å². The Bertz CT molecular complexity index is 361. The van der Waals surface area contributed by atoms with E-state index in [0.29, 0.717) is 5.75 Å². The van der Waals surface area contributed by atoms with Crippen molar-refractivity contribution in [2.75, 3.05) is 7.11 Å². The fraction of sp³-hybridized carbons (Fsp3) is 0.571. The summed E-state index contributed by atoms with van der Waals surface area (Å²) >= 11 is 0. The molecule has 0 heterocycles. The number of methoxy groups -OCH3 is 1. The molecule has 0 aliphatic rings.